The zero-order chi connectivity index (χ0) is 23.0. The molecular weight excluding hydrogens is 430 g/mol. The summed E-state index contributed by atoms with van der Waals surface area (Å²) in [7, 11) is -0.669. The minimum Gasteiger partial charge on any atom is -0.495 e. The molecule has 2 aliphatic rings. The van der Waals surface area contributed by atoms with Gasteiger partial charge in [-0.1, -0.05) is 6.92 Å². The molecule has 1 atom stereocenters. The molecule has 0 fully saturated rings. The van der Waals surface area contributed by atoms with Gasteiger partial charge in [0.05, 0.1) is 19.0 Å². The van der Waals surface area contributed by atoms with Crippen LogP contribution in [0.3, 0.4) is 0 Å². The highest BCUT2D eigenvalue weighted by molar-refractivity contribution is 7.89. The van der Waals surface area contributed by atoms with E-state index in [1.54, 1.807) is 26.1 Å². The van der Waals surface area contributed by atoms with Gasteiger partial charge in [-0.25, -0.2) is 17.6 Å². The molecule has 2 aromatic rings. The van der Waals surface area contributed by atoms with E-state index < -0.39 is 10.0 Å². The number of fused-ring (bicyclic) bond motifs is 1. The normalized spacial score (nSPS) is 18.2. The monoisotopic (exact) mass is 458 g/mol. The predicted octanol–water partition coefficient (Wildman–Crippen LogP) is 1.26. The van der Waals surface area contributed by atoms with E-state index in [1.165, 1.54) is 11.4 Å². The Balaban J connectivity index is 1.75. The van der Waals surface area contributed by atoms with Crippen LogP contribution in [0.25, 0.3) is 0 Å². The minimum atomic E-state index is -3.69. The van der Waals surface area contributed by atoms with E-state index in [0.717, 1.165) is 33.6 Å². The van der Waals surface area contributed by atoms with Crippen molar-refractivity contribution >= 4 is 27.4 Å². The number of nitrogens with one attached hydrogen (secondary N) is 3. The third-order valence-electron chi connectivity index (χ3n) is 5.45. The van der Waals surface area contributed by atoms with Gasteiger partial charge in [-0.3, -0.25) is 10.4 Å². The number of aliphatic imine (C=N–C) groups is 1. The van der Waals surface area contributed by atoms with Crippen molar-refractivity contribution in [1.82, 2.24) is 14.5 Å². The molecule has 1 aromatic carbocycles. The quantitative estimate of drug-likeness (QED) is 0.577. The summed E-state index contributed by atoms with van der Waals surface area (Å²) in [5, 5.41) is 10.5. The number of sulfonamides is 1. The van der Waals surface area contributed by atoms with E-state index in [-0.39, 0.29) is 4.90 Å². The van der Waals surface area contributed by atoms with Crippen LogP contribution in [0, 0.1) is 6.92 Å². The molecule has 4 rings (SSSR count). The first kappa shape index (κ1) is 22.1. The van der Waals surface area contributed by atoms with Crippen LogP contribution in [0.1, 0.15) is 19.5 Å². The van der Waals surface area contributed by atoms with Crippen molar-refractivity contribution in [3.63, 3.8) is 0 Å². The summed E-state index contributed by atoms with van der Waals surface area (Å²) in [6, 6.07) is 7.09. The van der Waals surface area contributed by atoms with Gasteiger partial charge in [-0.2, -0.15) is 10.1 Å². The van der Waals surface area contributed by atoms with E-state index in [2.05, 4.69) is 20.5 Å². The van der Waals surface area contributed by atoms with Crippen LogP contribution in [-0.4, -0.2) is 56.0 Å². The summed E-state index contributed by atoms with van der Waals surface area (Å²) >= 11 is 0. The largest absolute Gasteiger partial charge is 0.495 e. The Kier molecular flexibility index (Phi) is 5.80. The number of aromatic amines is 1. The lowest BCUT2D eigenvalue weighted by atomic mass is 10.2. The fraction of sp³-hybridized carbons (Fsp3) is 0.333. The van der Waals surface area contributed by atoms with Crippen LogP contribution in [0.4, 0.5) is 11.5 Å². The fourth-order valence-electron chi connectivity index (χ4n) is 3.65. The van der Waals surface area contributed by atoms with E-state index in [0.29, 0.717) is 24.7 Å². The molecule has 0 amide bonds. The second-order valence-corrected chi connectivity index (χ2v) is 9.76. The number of hydrogen-bond donors (Lipinski definition) is 3. The van der Waals surface area contributed by atoms with Crippen molar-refractivity contribution < 1.29 is 18.1 Å². The van der Waals surface area contributed by atoms with Crippen LogP contribution in [-0.2, 0) is 10.0 Å². The number of allylic oxidation sites excluding steroid dienone is 1. The number of aryl methyl sites for hydroxylation is 1. The number of aromatic nitrogens is 2. The van der Waals surface area contributed by atoms with Gasteiger partial charge in [-0.05, 0) is 32.0 Å². The summed E-state index contributed by atoms with van der Waals surface area (Å²) in [6.07, 6.45) is 3.99. The molecule has 0 saturated heterocycles. The smallest absolute Gasteiger partial charge is 0.246 e. The van der Waals surface area contributed by atoms with Crippen molar-refractivity contribution in [3.8, 4) is 5.75 Å². The molecule has 32 heavy (non-hydrogen) atoms. The fourth-order valence-corrected chi connectivity index (χ4v) is 5.00. The van der Waals surface area contributed by atoms with Crippen molar-refractivity contribution in [2.45, 2.75) is 25.7 Å². The Labute approximate surface area is 187 Å². The van der Waals surface area contributed by atoms with Crippen LogP contribution < -0.4 is 19.9 Å². The zero-order valence-corrected chi connectivity index (χ0v) is 19.6. The zero-order valence-electron chi connectivity index (χ0n) is 18.8. The maximum absolute atomic E-state index is 13.1. The van der Waals surface area contributed by atoms with Crippen molar-refractivity contribution in [3.05, 3.63) is 53.9 Å². The van der Waals surface area contributed by atoms with Gasteiger partial charge in [0.2, 0.25) is 21.7 Å². The maximum atomic E-state index is 13.1. The predicted molar refractivity (Wildman–Crippen MR) is 123 cm³/mol. The second-order valence-electron chi connectivity index (χ2n) is 7.74. The standard InChI is InChI=1S/C21H27N7O3S/c1-6-26(4)32(29,30)18-10-16(7-8-17(18)31-5)27-12-20-22-15(3)11-28(20)21(13-27)23-19-9-14(2)24-25-19/h7-11,13H,6,12H2,1-5H3,(H2,23,24,25)/p+1. The first-order valence-electron chi connectivity index (χ1n) is 10.3. The topological polar surface area (TPSA) is 107 Å². The first-order chi connectivity index (χ1) is 15.2. The summed E-state index contributed by atoms with van der Waals surface area (Å²) < 4.78 is 32.8. The summed E-state index contributed by atoms with van der Waals surface area (Å²) in [6.45, 7) is 6.56. The number of benzene rings is 1. The number of rotatable bonds is 7. The Morgan fingerprint density at radius 1 is 1.31 bits per heavy atom. The molecular formula is C21H28N7O3S+. The molecule has 0 saturated carbocycles. The number of nitrogens with zero attached hydrogens (tertiary/aromatic N) is 4. The number of quaternary nitrogens is 1. The lowest BCUT2D eigenvalue weighted by Gasteiger charge is -2.29. The Morgan fingerprint density at radius 2 is 2.09 bits per heavy atom. The van der Waals surface area contributed by atoms with Gasteiger partial charge in [-0.15, -0.1) is 0 Å². The highest BCUT2D eigenvalue weighted by Gasteiger charge is 2.34. The van der Waals surface area contributed by atoms with E-state index in [9.17, 15) is 8.42 Å². The number of amidine groups is 1. The van der Waals surface area contributed by atoms with Crippen molar-refractivity contribution in [1.29, 1.82) is 0 Å². The number of anilines is 2. The Hall–Kier alpha value is -3.15. The average Bonchev–Trinajstić information content (AvgIpc) is 3.36. The molecule has 0 aliphatic carbocycles. The summed E-state index contributed by atoms with van der Waals surface area (Å²) in [5.74, 6) is 2.75. The SMILES string of the molecule is CCN(C)S(=O)(=O)c1cc(N2C=C(Nc3cc(C)[nH]n3)[NH+]3C=C(C)N=C3C2)ccc1OC. The molecule has 3 N–H and O–H groups in total. The van der Waals surface area contributed by atoms with Gasteiger partial charge >= 0.3 is 0 Å². The molecule has 11 heteroatoms. The van der Waals surface area contributed by atoms with Gasteiger partial charge in [0.25, 0.3) is 0 Å². The lowest BCUT2D eigenvalue weighted by molar-refractivity contribution is -0.698. The van der Waals surface area contributed by atoms with E-state index in [4.69, 9.17) is 4.74 Å². The van der Waals surface area contributed by atoms with Crippen LogP contribution >= 0.6 is 0 Å². The Morgan fingerprint density at radius 3 is 2.75 bits per heavy atom. The van der Waals surface area contributed by atoms with Gasteiger partial charge < -0.3 is 9.64 Å². The molecule has 10 nitrogen and oxygen atoms in total. The third kappa shape index (κ3) is 4.01. The second kappa shape index (κ2) is 8.41. The molecule has 1 unspecified atom stereocenters. The van der Waals surface area contributed by atoms with E-state index >= 15 is 0 Å². The molecule has 3 heterocycles. The lowest BCUT2D eigenvalue weighted by Crippen LogP contribution is -3.10. The first-order valence-corrected chi connectivity index (χ1v) is 11.7. The third-order valence-corrected chi connectivity index (χ3v) is 7.41. The summed E-state index contributed by atoms with van der Waals surface area (Å²) in [4.78, 5) is 7.78. The average molecular weight is 459 g/mol. The number of H-pyrrole nitrogens is 1. The molecule has 0 radical (unpaired) electrons. The molecule has 0 spiro atoms. The summed E-state index contributed by atoms with van der Waals surface area (Å²) in [5.41, 5.74) is 2.59. The minimum absolute atomic E-state index is 0.130. The highest BCUT2D eigenvalue weighted by atomic mass is 32.2. The molecule has 170 valence electrons. The van der Waals surface area contributed by atoms with Gasteiger partial charge in [0, 0.05) is 31.0 Å². The van der Waals surface area contributed by atoms with Gasteiger partial charge in [0.1, 0.15) is 23.4 Å². The van der Waals surface area contributed by atoms with Crippen molar-refractivity contribution in [2.24, 2.45) is 4.99 Å². The van der Waals surface area contributed by atoms with Gasteiger partial charge in [0.15, 0.2) is 5.82 Å². The van der Waals surface area contributed by atoms with Crippen LogP contribution in [0.15, 0.2) is 58.1 Å². The number of methoxy groups -OCH3 is 1. The van der Waals surface area contributed by atoms with Crippen LogP contribution in [0.2, 0.25) is 0 Å². The molecule has 2 aliphatic heterocycles. The maximum Gasteiger partial charge on any atom is 0.246 e. The number of ether oxygens (including phenoxy) is 1. The Bertz CT molecular complexity index is 1230. The molecule has 0 bridgehead atoms. The van der Waals surface area contributed by atoms with Crippen LogP contribution in [0.5, 0.6) is 5.75 Å². The van der Waals surface area contributed by atoms with Crippen molar-refractivity contribution in [2.75, 3.05) is 37.5 Å². The number of hydrogen-bond acceptors (Lipinski definition) is 7. The van der Waals surface area contributed by atoms with E-state index in [1.807, 2.05) is 43.3 Å². The molecule has 1 aromatic heterocycles. The highest BCUT2D eigenvalue weighted by Crippen LogP contribution is 2.31.